The predicted molar refractivity (Wildman–Crippen MR) is 165 cm³/mol. The number of rotatable bonds is 6. The number of amides is 1. The molecule has 0 unspecified atom stereocenters. The van der Waals surface area contributed by atoms with Crippen LogP contribution in [0.4, 0.5) is 0 Å². The minimum Gasteiger partial charge on any atom is -0.496 e. The summed E-state index contributed by atoms with van der Waals surface area (Å²) in [5.74, 6) is 0.591. The maximum Gasteiger partial charge on any atom is 0.227 e. The van der Waals surface area contributed by atoms with Crippen molar-refractivity contribution in [2.45, 2.75) is 30.3 Å². The fourth-order valence-corrected chi connectivity index (χ4v) is 7.99. The van der Waals surface area contributed by atoms with Crippen molar-refractivity contribution in [3.05, 3.63) is 138 Å². The van der Waals surface area contributed by atoms with Crippen LogP contribution in [0.3, 0.4) is 0 Å². The molecule has 42 heavy (non-hydrogen) atoms. The molecule has 4 aromatic carbocycles. The predicted octanol–water partition coefficient (Wildman–Crippen LogP) is 6.46. The van der Waals surface area contributed by atoms with E-state index in [4.69, 9.17) is 4.74 Å². The monoisotopic (exact) mass is 556 g/mol. The smallest absolute Gasteiger partial charge is 0.227 e. The zero-order valence-electron chi connectivity index (χ0n) is 23.9. The maximum atomic E-state index is 14.1. The van der Waals surface area contributed by atoms with Crippen LogP contribution in [0.2, 0.25) is 0 Å². The zero-order valence-corrected chi connectivity index (χ0v) is 23.9. The Kier molecular flexibility index (Phi) is 6.63. The van der Waals surface area contributed by atoms with Crippen LogP contribution in [0.1, 0.15) is 35.1 Å². The Hall–Kier alpha value is -4.35. The molecule has 2 heterocycles. The van der Waals surface area contributed by atoms with Crippen molar-refractivity contribution < 1.29 is 14.6 Å². The van der Waals surface area contributed by atoms with Crippen LogP contribution >= 0.6 is 0 Å². The molecular weight excluding hydrogens is 520 g/mol. The van der Waals surface area contributed by atoms with Crippen LogP contribution in [-0.2, 0) is 22.2 Å². The molecule has 1 amide bonds. The highest BCUT2D eigenvalue weighted by atomic mass is 16.5. The molecule has 1 saturated carbocycles. The van der Waals surface area contributed by atoms with Crippen molar-refractivity contribution in [3.8, 4) is 5.75 Å². The maximum absolute atomic E-state index is 14.1. The summed E-state index contributed by atoms with van der Waals surface area (Å²) in [7, 11) is 1.66. The Balaban J connectivity index is 1.34. The quantitative estimate of drug-likeness (QED) is 0.252. The first kappa shape index (κ1) is 26.5. The second kappa shape index (κ2) is 10.5. The number of para-hydroxylation sites is 2. The van der Waals surface area contributed by atoms with Gasteiger partial charge in [0.1, 0.15) is 5.75 Å². The summed E-state index contributed by atoms with van der Waals surface area (Å²) in [6.45, 7) is 1.06. The van der Waals surface area contributed by atoms with E-state index in [1.165, 1.54) is 11.1 Å². The van der Waals surface area contributed by atoms with Gasteiger partial charge in [-0.05, 0) is 47.6 Å². The summed E-state index contributed by atoms with van der Waals surface area (Å²) < 4.78 is 5.77. The third-order valence-corrected chi connectivity index (χ3v) is 9.99. The number of fused-ring (bicyclic) bond motifs is 2. The van der Waals surface area contributed by atoms with E-state index >= 15 is 0 Å². The average Bonchev–Trinajstić information content (AvgIpc) is 3.69. The third-order valence-electron chi connectivity index (χ3n) is 9.99. The van der Waals surface area contributed by atoms with E-state index in [2.05, 4.69) is 71.7 Å². The molecule has 1 aliphatic heterocycles. The number of hydrogen-bond acceptors (Lipinski definition) is 3. The Morgan fingerprint density at radius 1 is 0.833 bits per heavy atom. The molecule has 1 aromatic heterocycles. The number of aromatic amines is 1. The van der Waals surface area contributed by atoms with E-state index in [1.54, 1.807) is 7.11 Å². The van der Waals surface area contributed by atoms with Gasteiger partial charge in [0.05, 0.1) is 19.1 Å². The fraction of sp³-hybridized carbons (Fsp3) is 0.270. The molecule has 5 heteroatoms. The largest absolute Gasteiger partial charge is 0.496 e. The van der Waals surface area contributed by atoms with Crippen LogP contribution in [-0.4, -0.2) is 41.1 Å². The van der Waals surface area contributed by atoms with Gasteiger partial charge in [0, 0.05) is 47.1 Å². The second-order valence-corrected chi connectivity index (χ2v) is 11.9. The number of methoxy groups -OCH3 is 1. The van der Waals surface area contributed by atoms with E-state index in [-0.39, 0.29) is 23.2 Å². The van der Waals surface area contributed by atoms with Crippen LogP contribution in [0.25, 0.3) is 10.9 Å². The van der Waals surface area contributed by atoms with Gasteiger partial charge in [-0.25, -0.2) is 0 Å². The number of aliphatic hydroxyl groups is 1. The highest BCUT2D eigenvalue weighted by Crippen LogP contribution is 2.60. The van der Waals surface area contributed by atoms with Crippen molar-refractivity contribution in [2.24, 2.45) is 11.8 Å². The minimum atomic E-state index is -1.14. The van der Waals surface area contributed by atoms with Crippen molar-refractivity contribution >= 4 is 16.8 Å². The molecule has 212 valence electrons. The lowest BCUT2D eigenvalue weighted by atomic mass is 9.52. The Labute approximate surface area is 246 Å². The first-order valence-electron chi connectivity index (χ1n) is 14.8. The minimum absolute atomic E-state index is 0.00196. The van der Waals surface area contributed by atoms with Crippen LogP contribution in [0, 0.1) is 11.8 Å². The molecule has 3 atom stereocenters. The normalized spacial score (nSPS) is 23.0. The molecule has 5 nitrogen and oxygen atoms in total. The number of aromatic nitrogens is 1. The molecule has 0 bridgehead atoms. The molecule has 2 aliphatic rings. The molecule has 7 rings (SSSR count). The molecule has 2 N–H and O–H groups in total. The summed E-state index contributed by atoms with van der Waals surface area (Å²) in [5, 5.41) is 13.8. The Morgan fingerprint density at radius 2 is 1.45 bits per heavy atom. The number of H-pyrrole nitrogens is 1. The van der Waals surface area contributed by atoms with E-state index in [0.717, 1.165) is 28.5 Å². The highest BCUT2D eigenvalue weighted by molar-refractivity contribution is 5.89. The van der Waals surface area contributed by atoms with Crippen LogP contribution < -0.4 is 4.74 Å². The Bertz CT molecular complexity index is 1670. The Morgan fingerprint density at radius 3 is 2.17 bits per heavy atom. The summed E-state index contributed by atoms with van der Waals surface area (Å²) in [5.41, 5.74) is 3.83. The van der Waals surface area contributed by atoms with Crippen molar-refractivity contribution in [2.75, 3.05) is 20.2 Å². The van der Waals surface area contributed by atoms with Crippen molar-refractivity contribution in [1.29, 1.82) is 0 Å². The first-order chi connectivity index (χ1) is 20.5. The first-order valence-corrected chi connectivity index (χ1v) is 14.8. The van der Waals surface area contributed by atoms with E-state index in [9.17, 15) is 9.90 Å². The SMILES string of the molecule is COc1ccccc1[C@]1(O)CCC(c2ccccc2)(c2ccccc2)[C@H]2CN(C(=O)Cc3c[nH]c4ccccc34)C[C@H]21. The number of hydrogen-bond donors (Lipinski definition) is 2. The number of benzene rings is 4. The molecular formula is C37H36N2O3. The van der Waals surface area contributed by atoms with Gasteiger partial charge in [-0.2, -0.15) is 0 Å². The van der Waals surface area contributed by atoms with Crippen molar-refractivity contribution in [3.63, 3.8) is 0 Å². The lowest BCUT2D eigenvalue weighted by Gasteiger charge is -2.53. The summed E-state index contributed by atoms with van der Waals surface area (Å²) >= 11 is 0. The standard InChI is InChI=1S/C37H36N2O3/c1-42-34-19-11-9-17-30(34)37(41)21-20-36(27-12-4-2-5-13-27,28-14-6-3-7-15-28)31-24-39(25-32(31)37)35(40)22-26-23-38-33-18-10-8-16-29(26)33/h2-19,23,31-32,38,41H,20-22,24-25H2,1H3/t31-,32+,37+/m0/s1. The number of carbonyl (C=O) groups excluding carboxylic acids is 1. The number of nitrogens with zero attached hydrogens (tertiary/aromatic N) is 1. The molecule has 5 aromatic rings. The van der Waals surface area contributed by atoms with E-state index in [1.807, 2.05) is 53.6 Å². The average molecular weight is 557 g/mol. The van der Waals surface area contributed by atoms with E-state index in [0.29, 0.717) is 31.7 Å². The molecule has 1 saturated heterocycles. The van der Waals surface area contributed by atoms with Gasteiger partial charge in [0.25, 0.3) is 0 Å². The summed E-state index contributed by atoms with van der Waals surface area (Å²) in [6.07, 6.45) is 3.58. The van der Waals surface area contributed by atoms with Gasteiger partial charge in [-0.15, -0.1) is 0 Å². The van der Waals surface area contributed by atoms with Gasteiger partial charge in [0.2, 0.25) is 5.91 Å². The van der Waals surface area contributed by atoms with Crippen molar-refractivity contribution in [1.82, 2.24) is 9.88 Å². The second-order valence-electron chi connectivity index (χ2n) is 11.9. The van der Waals surface area contributed by atoms with Gasteiger partial charge in [-0.3, -0.25) is 4.79 Å². The third kappa shape index (κ3) is 4.14. The lowest BCUT2D eigenvalue weighted by Crippen LogP contribution is -2.53. The van der Waals surface area contributed by atoms with Crippen LogP contribution in [0.5, 0.6) is 5.75 Å². The van der Waals surface area contributed by atoms with Gasteiger partial charge in [0.15, 0.2) is 0 Å². The number of carbonyl (C=O) groups is 1. The van der Waals surface area contributed by atoms with Gasteiger partial charge >= 0.3 is 0 Å². The molecule has 0 radical (unpaired) electrons. The van der Waals surface area contributed by atoms with Gasteiger partial charge < -0.3 is 19.7 Å². The summed E-state index contributed by atoms with van der Waals surface area (Å²) in [6, 6.07) is 37.3. The highest BCUT2D eigenvalue weighted by Gasteiger charge is 2.61. The zero-order chi connectivity index (χ0) is 28.7. The molecule has 2 fully saturated rings. The van der Waals surface area contributed by atoms with Crippen LogP contribution in [0.15, 0.2) is 115 Å². The number of ether oxygens (including phenoxy) is 1. The number of nitrogens with one attached hydrogen (secondary N) is 1. The van der Waals surface area contributed by atoms with E-state index < -0.39 is 5.60 Å². The number of likely N-dealkylation sites (tertiary alicyclic amines) is 1. The summed E-state index contributed by atoms with van der Waals surface area (Å²) in [4.78, 5) is 19.4. The fourth-order valence-electron chi connectivity index (χ4n) is 7.99. The molecule has 1 aliphatic carbocycles. The molecule has 0 spiro atoms. The topological polar surface area (TPSA) is 65.6 Å². The lowest BCUT2D eigenvalue weighted by molar-refractivity contribution is -0.130. The van der Waals surface area contributed by atoms with Gasteiger partial charge in [-0.1, -0.05) is 97.1 Å².